The number of aryl methyl sites for hydroxylation is 1. The molecule has 0 aliphatic carbocycles. The summed E-state index contributed by atoms with van der Waals surface area (Å²) in [5, 5.41) is 0. The van der Waals surface area contributed by atoms with E-state index in [2.05, 4.69) is 18.7 Å². The highest BCUT2D eigenvalue weighted by Crippen LogP contribution is 2.40. The molecule has 21 heavy (non-hydrogen) atoms. The number of nitrogens with two attached hydrogens (primary N) is 1. The van der Waals surface area contributed by atoms with E-state index in [1.165, 1.54) is 25.7 Å². The lowest BCUT2D eigenvalue weighted by Crippen LogP contribution is -2.40. The molecule has 118 valence electrons. The zero-order valence-electron chi connectivity index (χ0n) is 13.9. The van der Waals surface area contributed by atoms with E-state index in [4.69, 9.17) is 5.73 Å². The second-order valence-electron chi connectivity index (χ2n) is 6.64. The lowest BCUT2D eigenvalue weighted by atomic mass is 9.74. The third kappa shape index (κ3) is 3.23. The van der Waals surface area contributed by atoms with E-state index in [-0.39, 0.29) is 11.9 Å². The first-order chi connectivity index (χ1) is 9.92. The van der Waals surface area contributed by atoms with Crippen LogP contribution in [-0.2, 0) is 0 Å². The lowest BCUT2D eigenvalue weighted by molar-refractivity contribution is 0.199. The van der Waals surface area contributed by atoms with Crippen molar-refractivity contribution in [3.63, 3.8) is 0 Å². The Morgan fingerprint density at radius 3 is 2.29 bits per heavy atom. The van der Waals surface area contributed by atoms with E-state index in [9.17, 15) is 4.39 Å². The van der Waals surface area contributed by atoms with Crippen LogP contribution in [0.3, 0.4) is 0 Å². The molecular weight excluding hydrogens is 263 g/mol. The van der Waals surface area contributed by atoms with Crippen molar-refractivity contribution in [3.8, 4) is 0 Å². The van der Waals surface area contributed by atoms with Gasteiger partial charge in [0.05, 0.1) is 0 Å². The quantitative estimate of drug-likeness (QED) is 0.881. The van der Waals surface area contributed by atoms with Gasteiger partial charge in [0.2, 0.25) is 0 Å². The van der Waals surface area contributed by atoms with Crippen molar-refractivity contribution in [2.24, 2.45) is 11.1 Å². The Morgan fingerprint density at radius 1 is 1.24 bits per heavy atom. The normalized spacial score (nSPS) is 19.6. The largest absolute Gasteiger partial charge is 0.371 e. The van der Waals surface area contributed by atoms with Gasteiger partial charge in [-0.1, -0.05) is 26.7 Å². The van der Waals surface area contributed by atoms with E-state index in [0.717, 1.165) is 24.3 Å². The first kappa shape index (κ1) is 16.3. The molecule has 1 saturated heterocycles. The Hall–Kier alpha value is -1.09. The number of nitrogens with zero attached hydrogens (tertiary/aromatic N) is 1. The zero-order chi connectivity index (χ0) is 15.6. The molecule has 2 nitrogen and oxygen atoms in total. The summed E-state index contributed by atoms with van der Waals surface area (Å²) in [6.07, 6.45) is 4.93. The Kier molecular flexibility index (Phi) is 4.92. The summed E-state index contributed by atoms with van der Waals surface area (Å²) in [7, 11) is 0. The van der Waals surface area contributed by atoms with Gasteiger partial charge >= 0.3 is 0 Å². The summed E-state index contributed by atoms with van der Waals surface area (Å²) in [5.41, 5.74) is 9.32. The van der Waals surface area contributed by atoms with E-state index in [0.29, 0.717) is 11.0 Å². The Bertz CT molecular complexity index is 482. The molecule has 0 aromatic heterocycles. The van der Waals surface area contributed by atoms with Crippen LogP contribution < -0.4 is 10.6 Å². The topological polar surface area (TPSA) is 29.3 Å². The van der Waals surface area contributed by atoms with E-state index >= 15 is 0 Å². The van der Waals surface area contributed by atoms with Crippen LogP contribution in [0.2, 0.25) is 0 Å². The van der Waals surface area contributed by atoms with E-state index in [1.54, 1.807) is 6.07 Å². The fraction of sp³-hybridized carbons (Fsp3) is 0.667. The predicted octanol–water partition coefficient (Wildman–Crippen LogP) is 4.56. The van der Waals surface area contributed by atoms with Gasteiger partial charge < -0.3 is 10.6 Å². The second-order valence-corrected chi connectivity index (χ2v) is 6.64. The summed E-state index contributed by atoms with van der Waals surface area (Å²) in [6, 6.07) is 3.45. The fourth-order valence-corrected chi connectivity index (χ4v) is 3.50. The van der Waals surface area contributed by atoms with Crippen LogP contribution in [-0.4, -0.2) is 13.1 Å². The lowest BCUT2D eigenvalue weighted by Gasteiger charge is -2.42. The molecule has 1 fully saturated rings. The second kappa shape index (κ2) is 6.35. The van der Waals surface area contributed by atoms with Gasteiger partial charge in [0.15, 0.2) is 0 Å². The summed E-state index contributed by atoms with van der Waals surface area (Å²) in [4.78, 5) is 2.40. The third-order valence-electron chi connectivity index (χ3n) is 5.46. The zero-order valence-corrected chi connectivity index (χ0v) is 13.9. The van der Waals surface area contributed by atoms with Gasteiger partial charge in [0.1, 0.15) is 5.82 Å². The standard InChI is InChI=1S/C18H29FN2/c1-5-18(6-2)7-9-21(10-8-18)17-11-13(3)16(19)12-15(17)14(4)20/h11-12,14H,5-10,20H2,1-4H3. The van der Waals surface area contributed by atoms with Gasteiger partial charge in [-0.3, -0.25) is 0 Å². The minimum absolute atomic E-state index is 0.140. The number of benzene rings is 1. The molecular formula is C18H29FN2. The van der Waals surface area contributed by atoms with E-state index in [1.807, 2.05) is 19.9 Å². The van der Waals surface area contributed by atoms with Crippen molar-refractivity contribution in [1.29, 1.82) is 0 Å². The van der Waals surface area contributed by atoms with Crippen molar-refractivity contribution in [1.82, 2.24) is 0 Å². The van der Waals surface area contributed by atoms with Gasteiger partial charge in [0.25, 0.3) is 0 Å². The van der Waals surface area contributed by atoms with E-state index < -0.39 is 0 Å². The number of piperidine rings is 1. The number of hydrogen-bond donors (Lipinski definition) is 1. The van der Waals surface area contributed by atoms with Gasteiger partial charge in [0, 0.05) is 24.8 Å². The summed E-state index contributed by atoms with van der Waals surface area (Å²) in [5.74, 6) is -0.153. The summed E-state index contributed by atoms with van der Waals surface area (Å²) in [6.45, 7) is 10.5. The van der Waals surface area contributed by atoms with Crippen molar-refractivity contribution in [2.75, 3.05) is 18.0 Å². The monoisotopic (exact) mass is 292 g/mol. The summed E-state index contributed by atoms with van der Waals surface area (Å²) < 4.78 is 13.8. The van der Waals surface area contributed by atoms with Gasteiger partial charge in [-0.15, -0.1) is 0 Å². The van der Waals surface area contributed by atoms with Crippen molar-refractivity contribution < 1.29 is 4.39 Å². The third-order valence-corrected chi connectivity index (χ3v) is 5.46. The molecule has 1 unspecified atom stereocenters. The van der Waals surface area contributed by atoms with Crippen LogP contribution in [0.15, 0.2) is 12.1 Å². The maximum atomic E-state index is 13.8. The average molecular weight is 292 g/mol. The minimum atomic E-state index is -0.153. The number of halogens is 1. The van der Waals surface area contributed by atoms with Crippen LogP contribution in [0.5, 0.6) is 0 Å². The Morgan fingerprint density at radius 2 is 1.81 bits per heavy atom. The molecule has 2 rings (SSSR count). The van der Waals surface area contributed by atoms with Crippen LogP contribution in [0.25, 0.3) is 0 Å². The molecule has 1 aromatic rings. The van der Waals surface area contributed by atoms with Gasteiger partial charge in [-0.25, -0.2) is 4.39 Å². The maximum Gasteiger partial charge on any atom is 0.126 e. The predicted molar refractivity (Wildman–Crippen MR) is 88.2 cm³/mol. The molecule has 1 heterocycles. The molecule has 3 heteroatoms. The van der Waals surface area contributed by atoms with Crippen LogP contribution in [0.1, 0.15) is 63.6 Å². The molecule has 0 saturated carbocycles. The Balaban J connectivity index is 2.26. The summed E-state index contributed by atoms with van der Waals surface area (Å²) >= 11 is 0. The van der Waals surface area contributed by atoms with Crippen molar-refractivity contribution in [2.45, 2.75) is 59.4 Å². The smallest absolute Gasteiger partial charge is 0.126 e. The molecule has 1 atom stereocenters. The van der Waals surface area contributed by atoms with Crippen molar-refractivity contribution >= 4 is 5.69 Å². The number of hydrogen-bond acceptors (Lipinski definition) is 2. The highest BCUT2D eigenvalue weighted by atomic mass is 19.1. The molecule has 1 aliphatic heterocycles. The van der Waals surface area contributed by atoms with Crippen LogP contribution in [0, 0.1) is 18.2 Å². The molecule has 0 bridgehead atoms. The molecule has 0 radical (unpaired) electrons. The first-order valence-corrected chi connectivity index (χ1v) is 8.23. The molecule has 0 amide bonds. The van der Waals surface area contributed by atoms with Gasteiger partial charge in [-0.2, -0.15) is 0 Å². The van der Waals surface area contributed by atoms with Crippen LogP contribution in [0.4, 0.5) is 10.1 Å². The highest BCUT2D eigenvalue weighted by Gasteiger charge is 2.32. The Labute approximate surface area is 128 Å². The highest BCUT2D eigenvalue weighted by molar-refractivity contribution is 5.57. The number of rotatable bonds is 4. The number of anilines is 1. The molecule has 1 aliphatic rings. The molecule has 1 aromatic carbocycles. The van der Waals surface area contributed by atoms with Crippen molar-refractivity contribution in [3.05, 3.63) is 29.1 Å². The maximum absolute atomic E-state index is 13.8. The van der Waals surface area contributed by atoms with Gasteiger partial charge in [-0.05, 0) is 55.4 Å². The first-order valence-electron chi connectivity index (χ1n) is 8.23. The SMILES string of the molecule is CCC1(CC)CCN(c2cc(C)c(F)cc2C(C)N)CC1. The van der Waals surface area contributed by atoms with Crippen LogP contribution >= 0.6 is 0 Å². The molecule has 2 N–H and O–H groups in total. The minimum Gasteiger partial charge on any atom is -0.371 e. The average Bonchev–Trinajstić information content (AvgIpc) is 2.49. The fourth-order valence-electron chi connectivity index (χ4n) is 3.50. The molecule has 0 spiro atoms.